The van der Waals surface area contributed by atoms with Gasteiger partial charge in [-0.1, -0.05) is 0 Å². The van der Waals surface area contributed by atoms with Gasteiger partial charge in [0.15, 0.2) is 6.10 Å². The van der Waals surface area contributed by atoms with Crippen molar-refractivity contribution in [3.05, 3.63) is 23.8 Å². The van der Waals surface area contributed by atoms with Crippen LogP contribution in [0.4, 0.5) is 0 Å². The van der Waals surface area contributed by atoms with Crippen molar-refractivity contribution in [3.8, 4) is 11.5 Å². The maximum Gasteiger partial charge on any atom is 0.339 e. The highest BCUT2D eigenvalue weighted by Crippen LogP contribution is 2.23. The Bertz CT molecular complexity index is 436. The molecule has 0 heterocycles. The molecule has 1 aromatic carbocycles. The average molecular weight is 253 g/mol. The maximum absolute atomic E-state index is 11.8. The molecule has 0 spiro atoms. The standard InChI is InChI=1S/C12H15NO5/c1-7(11(13)14)18-12(15)8-4-9(16-2)6-10(5-8)17-3/h4-7H,1-3H3,(H2,13,14). The fourth-order valence-corrected chi connectivity index (χ4v) is 1.21. The summed E-state index contributed by atoms with van der Waals surface area (Å²) in [6.45, 7) is 1.40. The molecular weight excluding hydrogens is 238 g/mol. The number of methoxy groups -OCH3 is 2. The molecule has 1 rings (SSSR count). The van der Waals surface area contributed by atoms with E-state index in [-0.39, 0.29) is 5.56 Å². The Morgan fingerprint density at radius 2 is 1.61 bits per heavy atom. The van der Waals surface area contributed by atoms with Crippen molar-refractivity contribution >= 4 is 11.9 Å². The van der Waals surface area contributed by atoms with Gasteiger partial charge in [-0.05, 0) is 19.1 Å². The summed E-state index contributed by atoms with van der Waals surface area (Å²) in [6.07, 6.45) is -0.991. The van der Waals surface area contributed by atoms with Crippen LogP contribution >= 0.6 is 0 Å². The van der Waals surface area contributed by atoms with E-state index in [1.807, 2.05) is 0 Å². The Hall–Kier alpha value is -2.24. The SMILES string of the molecule is COc1cc(OC)cc(C(=O)OC(C)C(N)=O)c1. The number of carbonyl (C=O) groups is 2. The highest BCUT2D eigenvalue weighted by Gasteiger charge is 2.17. The first-order valence-corrected chi connectivity index (χ1v) is 5.21. The van der Waals surface area contributed by atoms with Crippen molar-refractivity contribution in [1.82, 2.24) is 0 Å². The maximum atomic E-state index is 11.8. The van der Waals surface area contributed by atoms with Crippen LogP contribution in [0, 0.1) is 0 Å². The second kappa shape index (κ2) is 5.90. The first-order chi connectivity index (χ1) is 8.47. The Morgan fingerprint density at radius 3 is 2.00 bits per heavy atom. The Kier molecular flexibility index (Phi) is 4.53. The van der Waals surface area contributed by atoms with Gasteiger partial charge in [0.1, 0.15) is 11.5 Å². The molecule has 0 saturated carbocycles. The van der Waals surface area contributed by atoms with Crippen LogP contribution in [-0.4, -0.2) is 32.2 Å². The fraction of sp³-hybridized carbons (Fsp3) is 0.333. The predicted molar refractivity (Wildman–Crippen MR) is 63.6 cm³/mol. The third-order valence-corrected chi connectivity index (χ3v) is 2.27. The smallest absolute Gasteiger partial charge is 0.339 e. The van der Waals surface area contributed by atoms with Crippen molar-refractivity contribution in [2.75, 3.05) is 14.2 Å². The topological polar surface area (TPSA) is 87.8 Å². The van der Waals surface area contributed by atoms with Gasteiger partial charge in [0.2, 0.25) is 0 Å². The third kappa shape index (κ3) is 3.38. The zero-order valence-electron chi connectivity index (χ0n) is 10.4. The van der Waals surface area contributed by atoms with Crippen molar-refractivity contribution in [2.45, 2.75) is 13.0 Å². The van der Waals surface area contributed by atoms with Crippen LogP contribution in [0.15, 0.2) is 18.2 Å². The van der Waals surface area contributed by atoms with E-state index in [0.29, 0.717) is 11.5 Å². The quantitative estimate of drug-likeness (QED) is 0.782. The second-order valence-electron chi connectivity index (χ2n) is 3.55. The minimum atomic E-state index is -0.991. The molecule has 2 N–H and O–H groups in total. The van der Waals surface area contributed by atoms with E-state index in [2.05, 4.69) is 0 Å². The largest absolute Gasteiger partial charge is 0.497 e. The number of rotatable bonds is 5. The normalized spacial score (nSPS) is 11.5. The summed E-state index contributed by atoms with van der Waals surface area (Å²) in [4.78, 5) is 22.6. The van der Waals surface area contributed by atoms with Crippen LogP contribution in [0.25, 0.3) is 0 Å². The molecule has 0 bridgehead atoms. The number of esters is 1. The monoisotopic (exact) mass is 253 g/mol. The van der Waals surface area contributed by atoms with Crippen LogP contribution in [-0.2, 0) is 9.53 Å². The van der Waals surface area contributed by atoms with Crippen molar-refractivity contribution in [1.29, 1.82) is 0 Å². The molecular formula is C12H15NO5. The Labute approximate surface area is 105 Å². The van der Waals surface area contributed by atoms with Gasteiger partial charge in [0.25, 0.3) is 5.91 Å². The van der Waals surface area contributed by atoms with E-state index in [9.17, 15) is 9.59 Å². The van der Waals surface area contributed by atoms with Crippen LogP contribution < -0.4 is 15.2 Å². The number of primary amides is 1. The van der Waals surface area contributed by atoms with Crippen LogP contribution in [0.1, 0.15) is 17.3 Å². The summed E-state index contributed by atoms with van der Waals surface area (Å²) in [5, 5.41) is 0. The van der Waals surface area contributed by atoms with E-state index in [1.54, 1.807) is 6.07 Å². The number of benzene rings is 1. The van der Waals surface area contributed by atoms with E-state index in [4.69, 9.17) is 19.9 Å². The summed E-state index contributed by atoms with van der Waals surface area (Å²) in [5.41, 5.74) is 5.23. The molecule has 18 heavy (non-hydrogen) atoms. The lowest BCUT2D eigenvalue weighted by Gasteiger charge is -2.11. The molecule has 0 aliphatic heterocycles. The van der Waals surface area contributed by atoms with Gasteiger partial charge in [0.05, 0.1) is 19.8 Å². The van der Waals surface area contributed by atoms with Gasteiger partial charge < -0.3 is 19.9 Å². The first kappa shape index (κ1) is 13.8. The van der Waals surface area contributed by atoms with Gasteiger partial charge in [-0.15, -0.1) is 0 Å². The molecule has 0 radical (unpaired) electrons. The van der Waals surface area contributed by atoms with E-state index in [0.717, 1.165) is 0 Å². The molecule has 1 aromatic rings. The number of amides is 1. The molecule has 0 aliphatic carbocycles. The van der Waals surface area contributed by atoms with Gasteiger partial charge in [-0.3, -0.25) is 4.79 Å². The zero-order valence-corrected chi connectivity index (χ0v) is 10.4. The third-order valence-electron chi connectivity index (χ3n) is 2.27. The first-order valence-electron chi connectivity index (χ1n) is 5.21. The highest BCUT2D eigenvalue weighted by molar-refractivity contribution is 5.92. The minimum absolute atomic E-state index is 0.222. The van der Waals surface area contributed by atoms with Crippen molar-refractivity contribution in [2.24, 2.45) is 5.73 Å². The van der Waals surface area contributed by atoms with Crippen molar-refractivity contribution in [3.63, 3.8) is 0 Å². The second-order valence-corrected chi connectivity index (χ2v) is 3.55. The Balaban J connectivity index is 2.94. The van der Waals surface area contributed by atoms with E-state index >= 15 is 0 Å². The number of carbonyl (C=O) groups excluding carboxylic acids is 2. The van der Waals surface area contributed by atoms with Gasteiger partial charge in [-0.25, -0.2) is 4.79 Å². The fourth-order valence-electron chi connectivity index (χ4n) is 1.21. The number of nitrogens with two attached hydrogens (primary N) is 1. The van der Waals surface area contributed by atoms with Crippen molar-refractivity contribution < 1.29 is 23.8 Å². The molecule has 98 valence electrons. The van der Waals surface area contributed by atoms with Crippen LogP contribution in [0.5, 0.6) is 11.5 Å². The van der Waals surface area contributed by atoms with Crippen LogP contribution in [0.2, 0.25) is 0 Å². The van der Waals surface area contributed by atoms with Gasteiger partial charge in [0, 0.05) is 6.07 Å². The molecule has 0 aliphatic rings. The molecule has 0 saturated heterocycles. The molecule has 1 atom stereocenters. The van der Waals surface area contributed by atoms with Crippen LogP contribution in [0.3, 0.4) is 0 Å². The molecule has 1 amide bonds. The summed E-state index contributed by atoms with van der Waals surface area (Å²) in [5.74, 6) is -0.474. The number of ether oxygens (including phenoxy) is 3. The molecule has 1 unspecified atom stereocenters. The lowest BCUT2D eigenvalue weighted by molar-refractivity contribution is -0.125. The zero-order chi connectivity index (χ0) is 13.7. The molecule has 6 nitrogen and oxygen atoms in total. The lowest BCUT2D eigenvalue weighted by atomic mass is 10.2. The van der Waals surface area contributed by atoms with Gasteiger partial charge >= 0.3 is 5.97 Å². The molecule has 0 fully saturated rings. The highest BCUT2D eigenvalue weighted by atomic mass is 16.5. The molecule has 6 heteroatoms. The minimum Gasteiger partial charge on any atom is -0.497 e. The molecule has 0 aromatic heterocycles. The summed E-state index contributed by atoms with van der Waals surface area (Å²) >= 11 is 0. The van der Waals surface area contributed by atoms with Gasteiger partial charge in [-0.2, -0.15) is 0 Å². The predicted octanol–water partition coefficient (Wildman–Crippen LogP) is 0.734. The summed E-state index contributed by atoms with van der Waals surface area (Å²) < 4.78 is 14.9. The average Bonchev–Trinajstić information content (AvgIpc) is 2.37. The van der Waals surface area contributed by atoms with E-state index < -0.39 is 18.0 Å². The Morgan fingerprint density at radius 1 is 1.11 bits per heavy atom. The number of hydrogen-bond donors (Lipinski definition) is 1. The summed E-state index contributed by atoms with van der Waals surface area (Å²) in [6, 6.07) is 4.59. The number of hydrogen-bond acceptors (Lipinski definition) is 5. The lowest BCUT2D eigenvalue weighted by Crippen LogP contribution is -2.30. The summed E-state index contributed by atoms with van der Waals surface area (Å²) in [7, 11) is 2.94. The van der Waals surface area contributed by atoms with E-state index in [1.165, 1.54) is 33.3 Å².